The first-order valence-corrected chi connectivity index (χ1v) is 8.61. The van der Waals surface area contributed by atoms with Gasteiger partial charge in [-0.05, 0) is 36.5 Å². The summed E-state index contributed by atoms with van der Waals surface area (Å²) in [4.78, 5) is 9.00. The minimum atomic E-state index is 0. The molecule has 2 heterocycles. The molecule has 2 aromatic heterocycles. The van der Waals surface area contributed by atoms with Crippen LogP contribution >= 0.6 is 34.9 Å². The summed E-state index contributed by atoms with van der Waals surface area (Å²) < 4.78 is 2.26. The van der Waals surface area contributed by atoms with Crippen molar-refractivity contribution in [1.29, 1.82) is 0 Å². The molecule has 0 unspecified atom stereocenters. The van der Waals surface area contributed by atoms with Crippen molar-refractivity contribution in [3.05, 3.63) is 48.5 Å². The summed E-state index contributed by atoms with van der Waals surface area (Å²) in [5.74, 6) is 0. The Morgan fingerprint density at radius 3 is 1.65 bits per heavy atom. The number of hydrogen-bond donors (Lipinski definition) is 2. The van der Waals surface area contributed by atoms with Crippen LogP contribution in [0.4, 0.5) is 10.3 Å². The third-order valence-corrected chi connectivity index (χ3v) is 5.14. The Morgan fingerprint density at radius 2 is 1.22 bits per heavy atom. The van der Waals surface area contributed by atoms with Gasteiger partial charge in [-0.2, -0.15) is 0 Å². The Bertz CT molecular complexity index is 835. The molecule has 4 aromatic rings. The van der Waals surface area contributed by atoms with E-state index in [1.165, 1.54) is 0 Å². The molecule has 0 aliphatic heterocycles. The second-order valence-electron chi connectivity index (χ2n) is 4.55. The number of nitrogens with one attached hydrogen (secondary N) is 2. The summed E-state index contributed by atoms with van der Waals surface area (Å²) in [7, 11) is 0. The van der Waals surface area contributed by atoms with Gasteiger partial charge in [0.05, 0.1) is 20.4 Å². The molecule has 0 saturated carbocycles. The number of para-hydroxylation sites is 2. The van der Waals surface area contributed by atoms with Crippen LogP contribution in [0, 0.1) is 0 Å². The first-order chi connectivity index (χ1) is 10.8. The number of anilines is 2. The summed E-state index contributed by atoms with van der Waals surface area (Å²) >= 11 is 8.49. The fourth-order valence-electron chi connectivity index (χ4n) is 2.08. The number of fused-ring (bicyclic) bond motifs is 2. The van der Waals surface area contributed by atoms with Crippen molar-refractivity contribution < 1.29 is 29.6 Å². The van der Waals surface area contributed by atoms with Crippen LogP contribution in [0.3, 0.4) is 0 Å². The first-order valence-electron chi connectivity index (χ1n) is 6.57. The molecule has 0 atom stereocenters. The number of nitrogens with zero attached hydrogens (tertiary/aromatic N) is 2. The molecule has 4 rings (SSSR count). The maximum atomic E-state index is 5.34. The van der Waals surface area contributed by atoms with Crippen LogP contribution < -0.4 is 40.2 Å². The summed E-state index contributed by atoms with van der Waals surface area (Å²) in [6.45, 7) is 0. The Morgan fingerprint density at radius 1 is 0.783 bits per heavy atom. The predicted molar refractivity (Wildman–Crippen MR) is 99.1 cm³/mol. The maximum absolute atomic E-state index is 5.34. The maximum Gasteiger partial charge on any atom is 1.00 e. The van der Waals surface area contributed by atoms with Crippen molar-refractivity contribution in [1.82, 2.24) is 9.97 Å². The van der Waals surface area contributed by atoms with Crippen molar-refractivity contribution >= 4 is 70.7 Å². The molecule has 4 nitrogen and oxygen atoms in total. The van der Waals surface area contributed by atoms with E-state index in [-0.39, 0.29) is 29.6 Å². The minimum absolute atomic E-state index is 0. The van der Waals surface area contributed by atoms with Gasteiger partial charge in [-0.15, -0.1) is 0 Å². The van der Waals surface area contributed by atoms with Gasteiger partial charge in [0.15, 0.2) is 15.4 Å². The van der Waals surface area contributed by atoms with E-state index in [1.54, 1.807) is 22.7 Å². The normalized spacial score (nSPS) is 10.4. The largest absolute Gasteiger partial charge is 1.00 e. The average molecular weight is 365 g/mol. The molecule has 0 aliphatic carbocycles. The van der Waals surface area contributed by atoms with Gasteiger partial charge in [0, 0.05) is 0 Å². The van der Waals surface area contributed by atoms with Gasteiger partial charge in [-0.3, -0.25) is 0 Å². The predicted octanol–water partition coefficient (Wildman–Crippen LogP) is 1.72. The molecule has 0 bridgehead atoms. The quantitative estimate of drug-likeness (QED) is 0.418. The Labute approximate surface area is 168 Å². The zero-order valence-electron chi connectivity index (χ0n) is 12.2. The topological polar surface area (TPSA) is 49.8 Å². The summed E-state index contributed by atoms with van der Waals surface area (Å²) in [5.41, 5.74) is 1.94. The van der Waals surface area contributed by atoms with Crippen LogP contribution in [0.15, 0.2) is 48.5 Å². The third-order valence-electron chi connectivity index (χ3n) is 3.03. The van der Waals surface area contributed by atoms with Gasteiger partial charge >= 0.3 is 29.6 Å². The molecule has 23 heavy (non-hydrogen) atoms. The molecule has 0 fully saturated rings. The molecule has 0 radical (unpaired) electrons. The Balaban J connectivity index is 0.00000156. The monoisotopic (exact) mass is 365 g/mol. The van der Waals surface area contributed by atoms with Crippen LogP contribution in [0.1, 0.15) is 0 Å². The number of aromatic nitrogens is 2. The van der Waals surface area contributed by atoms with E-state index in [4.69, 9.17) is 12.2 Å². The fourth-order valence-corrected chi connectivity index (χ4v) is 4.14. The smallest absolute Gasteiger partial charge is 0.308 e. The van der Waals surface area contributed by atoms with Crippen LogP contribution in [0.2, 0.25) is 0 Å². The van der Waals surface area contributed by atoms with Crippen molar-refractivity contribution in [2.75, 3.05) is 10.6 Å². The third kappa shape index (κ3) is 3.71. The Kier molecular flexibility index (Phi) is 5.25. The molecule has 8 heteroatoms. The van der Waals surface area contributed by atoms with Gasteiger partial charge in [0.2, 0.25) is 0 Å². The molecule has 0 saturated heterocycles. The van der Waals surface area contributed by atoms with Crippen molar-refractivity contribution in [2.45, 2.75) is 0 Å². The van der Waals surface area contributed by atoms with Crippen molar-refractivity contribution in [3.8, 4) is 0 Å². The minimum Gasteiger partial charge on any atom is -0.308 e. The Hall–Kier alpha value is -1.09. The molecular weight excluding hydrogens is 355 g/mol. The zero-order chi connectivity index (χ0) is 14.9. The fraction of sp³-hybridized carbons (Fsp3) is 0. The molecule has 108 valence electrons. The zero-order valence-corrected chi connectivity index (χ0v) is 16.7. The number of hydrogen-bond acceptors (Lipinski definition) is 5. The van der Waals surface area contributed by atoms with E-state index < -0.39 is 0 Å². The average Bonchev–Trinajstić information content (AvgIpc) is 3.08. The van der Waals surface area contributed by atoms with Gasteiger partial charge in [0.25, 0.3) is 0 Å². The van der Waals surface area contributed by atoms with Crippen LogP contribution in [-0.2, 0) is 0 Å². The second-order valence-corrected chi connectivity index (χ2v) is 7.02. The van der Waals surface area contributed by atoms with Crippen molar-refractivity contribution in [2.24, 2.45) is 0 Å². The second kappa shape index (κ2) is 7.21. The van der Waals surface area contributed by atoms with E-state index in [2.05, 4.69) is 20.6 Å². The number of thiazole rings is 2. The van der Waals surface area contributed by atoms with E-state index in [0.29, 0.717) is 5.11 Å². The summed E-state index contributed by atoms with van der Waals surface area (Å²) in [5, 5.41) is 8.29. The SMILES string of the molecule is S=C(Nc1nc2ccccc2s1)Nc1nc2ccccc2s1.[Na+]. The molecule has 0 aliphatic rings. The number of thiocarbonyl (C=S) groups is 1. The van der Waals surface area contributed by atoms with Gasteiger partial charge in [-0.25, -0.2) is 9.97 Å². The van der Waals surface area contributed by atoms with Gasteiger partial charge in [0.1, 0.15) is 0 Å². The molecule has 0 amide bonds. The number of benzene rings is 2. The van der Waals surface area contributed by atoms with Crippen LogP contribution in [-0.4, -0.2) is 15.1 Å². The van der Waals surface area contributed by atoms with E-state index in [9.17, 15) is 0 Å². The molecule has 2 N–H and O–H groups in total. The van der Waals surface area contributed by atoms with E-state index >= 15 is 0 Å². The standard InChI is InChI=1S/C15H10N4S3.Na/c20-13(18-14-16-9-5-1-3-7-11(9)21-14)19-15-17-10-6-2-4-8-12(10)22-15;/h1-8H,(H2,16,17,18,19,20);/q;+1. The van der Waals surface area contributed by atoms with Gasteiger partial charge in [-0.1, -0.05) is 46.9 Å². The van der Waals surface area contributed by atoms with Gasteiger partial charge < -0.3 is 10.6 Å². The number of rotatable bonds is 2. The summed E-state index contributed by atoms with van der Waals surface area (Å²) in [6.07, 6.45) is 0. The van der Waals surface area contributed by atoms with Crippen LogP contribution in [0.5, 0.6) is 0 Å². The molecule has 2 aromatic carbocycles. The summed E-state index contributed by atoms with van der Waals surface area (Å²) in [6, 6.07) is 16.0. The van der Waals surface area contributed by atoms with E-state index in [1.807, 2.05) is 48.5 Å². The van der Waals surface area contributed by atoms with E-state index in [0.717, 1.165) is 30.7 Å². The molecule has 0 spiro atoms. The van der Waals surface area contributed by atoms with Crippen molar-refractivity contribution in [3.63, 3.8) is 0 Å². The molecular formula is C15H10N4NaS3+. The van der Waals surface area contributed by atoms with Crippen LogP contribution in [0.25, 0.3) is 20.4 Å². The first kappa shape index (κ1) is 16.8.